The van der Waals surface area contributed by atoms with E-state index in [0.29, 0.717) is 5.92 Å². The van der Waals surface area contributed by atoms with Crippen LogP contribution in [-0.2, 0) is 0 Å². The molecular formula is C8H13NO. The Kier molecular flexibility index (Phi) is 2.10. The Bertz CT molecular complexity index is 182. The highest BCUT2D eigenvalue weighted by Crippen LogP contribution is 2.20. The van der Waals surface area contributed by atoms with Crippen molar-refractivity contribution in [1.29, 1.82) is 0 Å². The Morgan fingerprint density at radius 1 is 1.60 bits per heavy atom. The summed E-state index contributed by atoms with van der Waals surface area (Å²) in [7, 11) is 0. The predicted octanol–water partition coefficient (Wildman–Crippen LogP) is 2.19. The minimum Gasteiger partial charge on any atom is -0.411 e. The Labute approximate surface area is 61.2 Å². The van der Waals surface area contributed by atoms with Crippen LogP contribution >= 0.6 is 0 Å². The Morgan fingerprint density at radius 2 is 2.30 bits per heavy atom. The maximum absolute atomic E-state index is 8.47. The summed E-state index contributed by atoms with van der Waals surface area (Å²) < 4.78 is 0. The molecule has 2 nitrogen and oxygen atoms in total. The van der Waals surface area contributed by atoms with E-state index in [4.69, 9.17) is 5.21 Å². The molecule has 0 aromatic heterocycles. The van der Waals surface area contributed by atoms with Crippen molar-refractivity contribution in [3.63, 3.8) is 0 Å². The molecule has 2 heteroatoms. The lowest BCUT2D eigenvalue weighted by molar-refractivity contribution is 0.316. The van der Waals surface area contributed by atoms with Gasteiger partial charge in [0, 0.05) is 0 Å². The Balaban J connectivity index is 2.73. The minimum atomic E-state index is 0.635. The number of rotatable bonds is 0. The molecule has 0 radical (unpaired) electrons. The third-order valence-corrected chi connectivity index (χ3v) is 1.77. The zero-order chi connectivity index (χ0) is 7.56. The summed E-state index contributed by atoms with van der Waals surface area (Å²) in [5.74, 6) is 0.635. The molecule has 0 heterocycles. The first-order valence-corrected chi connectivity index (χ1v) is 3.60. The second-order valence-corrected chi connectivity index (χ2v) is 3.10. The molecule has 0 saturated heterocycles. The number of oxime groups is 1. The van der Waals surface area contributed by atoms with Crippen molar-refractivity contribution in [2.75, 3.05) is 0 Å². The first-order chi connectivity index (χ1) is 4.72. The van der Waals surface area contributed by atoms with E-state index in [2.05, 4.69) is 19.0 Å². The van der Waals surface area contributed by atoms with Gasteiger partial charge in [0.25, 0.3) is 0 Å². The van der Waals surface area contributed by atoms with Gasteiger partial charge >= 0.3 is 0 Å². The molecule has 0 aliphatic heterocycles. The lowest BCUT2D eigenvalue weighted by Crippen LogP contribution is -2.10. The molecule has 1 aliphatic carbocycles. The van der Waals surface area contributed by atoms with Crippen molar-refractivity contribution in [3.05, 3.63) is 11.6 Å². The van der Waals surface area contributed by atoms with Crippen molar-refractivity contribution in [3.8, 4) is 0 Å². The van der Waals surface area contributed by atoms with E-state index in [0.717, 1.165) is 18.6 Å². The van der Waals surface area contributed by atoms with E-state index in [1.165, 1.54) is 5.57 Å². The number of hydrogen-bond acceptors (Lipinski definition) is 2. The molecule has 0 bridgehead atoms. The van der Waals surface area contributed by atoms with E-state index < -0.39 is 0 Å². The van der Waals surface area contributed by atoms with Crippen LogP contribution in [-0.4, -0.2) is 10.9 Å². The van der Waals surface area contributed by atoms with Crippen molar-refractivity contribution in [1.82, 2.24) is 0 Å². The van der Waals surface area contributed by atoms with Crippen molar-refractivity contribution in [2.24, 2.45) is 11.1 Å². The highest BCUT2D eigenvalue weighted by atomic mass is 16.4. The van der Waals surface area contributed by atoms with E-state index >= 15 is 0 Å². The molecule has 10 heavy (non-hydrogen) atoms. The maximum Gasteiger partial charge on any atom is 0.0797 e. The van der Waals surface area contributed by atoms with Crippen LogP contribution < -0.4 is 0 Å². The molecule has 0 fully saturated rings. The fourth-order valence-electron chi connectivity index (χ4n) is 1.45. The molecule has 0 aromatic carbocycles. The summed E-state index contributed by atoms with van der Waals surface area (Å²) in [5, 5.41) is 11.7. The SMILES string of the molecule is CC1=C/C(=N/O)C[C@@H](C)C1. The molecule has 0 aromatic rings. The molecule has 1 N–H and O–H groups in total. The molecular weight excluding hydrogens is 126 g/mol. The van der Waals surface area contributed by atoms with Crippen LogP contribution in [0.2, 0.25) is 0 Å². The normalized spacial score (nSPS) is 30.4. The predicted molar refractivity (Wildman–Crippen MR) is 41.4 cm³/mol. The third-order valence-electron chi connectivity index (χ3n) is 1.77. The quantitative estimate of drug-likeness (QED) is 0.405. The summed E-state index contributed by atoms with van der Waals surface area (Å²) >= 11 is 0. The van der Waals surface area contributed by atoms with Crippen LogP contribution in [0.4, 0.5) is 0 Å². The molecule has 0 amide bonds. The minimum absolute atomic E-state index is 0.635. The lowest BCUT2D eigenvalue weighted by Gasteiger charge is -2.16. The average molecular weight is 139 g/mol. The van der Waals surface area contributed by atoms with Gasteiger partial charge in [0.15, 0.2) is 0 Å². The van der Waals surface area contributed by atoms with Gasteiger partial charge in [0.05, 0.1) is 5.71 Å². The van der Waals surface area contributed by atoms with Crippen LogP contribution in [0.25, 0.3) is 0 Å². The lowest BCUT2D eigenvalue weighted by atomic mass is 9.90. The largest absolute Gasteiger partial charge is 0.411 e. The van der Waals surface area contributed by atoms with E-state index in [1.54, 1.807) is 0 Å². The van der Waals surface area contributed by atoms with Gasteiger partial charge in [-0.1, -0.05) is 17.7 Å². The number of allylic oxidation sites excluding steroid dienone is 2. The van der Waals surface area contributed by atoms with Crippen molar-refractivity contribution >= 4 is 5.71 Å². The number of hydrogen-bond donors (Lipinski definition) is 1. The maximum atomic E-state index is 8.47. The highest BCUT2D eigenvalue weighted by Gasteiger charge is 2.12. The van der Waals surface area contributed by atoms with Gasteiger partial charge in [-0.05, 0) is 31.8 Å². The van der Waals surface area contributed by atoms with Gasteiger partial charge in [0.2, 0.25) is 0 Å². The van der Waals surface area contributed by atoms with Crippen LogP contribution in [0.1, 0.15) is 26.7 Å². The summed E-state index contributed by atoms with van der Waals surface area (Å²) in [4.78, 5) is 0. The van der Waals surface area contributed by atoms with Gasteiger partial charge < -0.3 is 5.21 Å². The first kappa shape index (κ1) is 7.32. The molecule has 56 valence electrons. The monoisotopic (exact) mass is 139 g/mol. The summed E-state index contributed by atoms with van der Waals surface area (Å²) in [6, 6.07) is 0. The summed E-state index contributed by atoms with van der Waals surface area (Å²) in [6.07, 6.45) is 4.01. The molecule has 1 atom stereocenters. The molecule has 1 rings (SSSR count). The van der Waals surface area contributed by atoms with E-state index in [9.17, 15) is 0 Å². The zero-order valence-electron chi connectivity index (χ0n) is 6.46. The van der Waals surface area contributed by atoms with Crippen LogP contribution in [0.3, 0.4) is 0 Å². The Morgan fingerprint density at radius 3 is 2.80 bits per heavy atom. The topological polar surface area (TPSA) is 32.6 Å². The molecule has 0 spiro atoms. The second-order valence-electron chi connectivity index (χ2n) is 3.10. The van der Waals surface area contributed by atoms with Gasteiger partial charge in [0.1, 0.15) is 0 Å². The third kappa shape index (κ3) is 1.59. The fourth-order valence-corrected chi connectivity index (χ4v) is 1.45. The van der Waals surface area contributed by atoms with Gasteiger partial charge in [-0.2, -0.15) is 0 Å². The Hall–Kier alpha value is -0.790. The standard InChI is InChI=1S/C8H13NO/c1-6-3-7(2)5-8(4-6)9-10/h4,7,10H,3,5H2,1-2H3/b9-8-/t7-/m0/s1. The summed E-state index contributed by atoms with van der Waals surface area (Å²) in [5.41, 5.74) is 2.13. The van der Waals surface area contributed by atoms with Crippen molar-refractivity contribution < 1.29 is 5.21 Å². The van der Waals surface area contributed by atoms with Gasteiger partial charge in [-0.25, -0.2) is 0 Å². The van der Waals surface area contributed by atoms with Crippen LogP contribution in [0.15, 0.2) is 16.8 Å². The first-order valence-electron chi connectivity index (χ1n) is 3.60. The number of nitrogens with zero attached hydrogens (tertiary/aromatic N) is 1. The van der Waals surface area contributed by atoms with Gasteiger partial charge in [-0.3, -0.25) is 0 Å². The van der Waals surface area contributed by atoms with Crippen LogP contribution in [0, 0.1) is 5.92 Å². The fraction of sp³-hybridized carbons (Fsp3) is 0.625. The summed E-state index contributed by atoms with van der Waals surface area (Å²) in [6.45, 7) is 4.24. The highest BCUT2D eigenvalue weighted by molar-refractivity contribution is 5.95. The van der Waals surface area contributed by atoms with Gasteiger partial charge in [-0.15, -0.1) is 0 Å². The van der Waals surface area contributed by atoms with E-state index in [-0.39, 0.29) is 0 Å². The average Bonchev–Trinajstić information content (AvgIpc) is 1.85. The van der Waals surface area contributed by atoms with E-state index in [1.807, 2.05) is 6.08 Å². The molecule has 1 aliphatic rings. The van der Waals surface area contributed by atoms with Crippen molar-refractivity contribution in [2.45, 2.75) is 26.7 Å². The van der Waals surface area contributed by atoms with Crippen LogP contribution in [0.5, 0.6) is 0 Å². The smallest absolute Gasteiger partial charge is 0.0797 e. The zero-order valence-corrected chi connectivity index (χ0v) is 6.46. The second kappa shape index (κ2) is 2.86. The molecule has 0 saturated carbocycles. The molecule has 0 unspecified atom stereocenters.